The average molecular weight is 1150 g/mol. The van der Waals surface area contributed by atoms with Crippen molar-refractivity contribution in [3.63, 3.8) is 0 Å². The summed E-state index contributed by atoms with van der Waals surface area (Å²) >= 11 is 1.05. The number of carbonyl (C=O) groups excluding carboxylic acids is 10. The maximum atomic E-state index is 14.5. The van der Waals surface area contributed by atoms with Gasteiger partial charge in [0.15, 0.2) is 43.1 Å². The van der Waals surface area contributed by atoms with Gasteiger partial charge in [0.2, 0.25) is 17.7 Å². The number of hydrogen-bond acceptors (Lipinski definition) is 24. The molecule has 4 aliphatic rings. The topological polar surface area (TPSA) is 325 Å². The van der Waals surface area contributed by atoms with Crippen LogP contribution in [0, 0.1) is 5.92 Å². The van der Waals surface area contributed by atoms with Crippen molar-refractivity contribution < 1.29 is 100 Å². The number of anilines is 1. The second-order valence-corrected chi connectivity index (χ2v) is 20.5. The van der Waals surface area contributed by atoms with Crippen LogP contribution in [-0.4, -0.2) is 174 Å². The molecule has 1 aliphatic carbocycles. The molecule has 27 heteroatoms. The molecular formula is C53H71N5O21S. The van der Waals surface area contributed by atoms with E-state index < -0.39 is 128 Å². The number of nitrogens with zero attached hydrogens (tertiary/aromatic N) is 3. The van der Waals surface area contributed by atoms with Gasteiger partial charge in [-0.25, -0.2) is 0 Å². The van der Waals surface area contributed by atoms with Crippen LogP contribution < -0.4 is 10.6 Å². The maximum Gasteiger partial charge on any atom is 0.303 e. The van der Waals surface area contributed by atoms with E-state index in [1.54, 1.807) is 4.90 Å². The molecule has 0 bridgehead atoms. The highest BCUT2D eigenvalue weighted by Gasteiger charge is 2.58. The van der Waals surface area contributed by atoms with Gasteiger partial charge < -0.3 is 67.6 Å². The molecule has 3 aliphatic heterocycles. The second kappa shape index (κ2) is 30.2. The van der Waals surface area contributed by atoms with E-state index >= 15 is 0 Å². The number of unbranched alkanes of at least 4 members (excludes halogenated alkanes) is 2. The van der Waals surface area contributed by atoms with Gasteiger partial charge in [-0.3, -0.25) is 47.9 Å². The molecule has 4 fully saturated rings. The predicted molar refractivity (Wildman–Crippen MR) is 275 cm³/mol. The van der Waals surface area contributed by atoms with Crippen molar-refractivity contribution in [2.24, 2.45) is 5.92 Å². The summed E-state index contributed by atoms with van der Waals surface area (Å²) in [7, 11) is 0. The van der Waals surface area contributed by atoms with Crippen molar-refractivity contribution in [2.75, 3.05) is 31.7 Å². The molecule has 6 rings (SSSR count). The van der Waals surface area contributed by atoms with Crippen molar-refractivity contribution >= 4 is 76.0 Å². The predicted octanol–water partition coefficient (Wildman–Crippen LogP) is 3.40. The van der Waals surface area contributed by atoms with Crippen molar-refractivity contribution in [3.8, 4) is 11.3 Å². The number of nitrogens with one attached hydrogen (secondary N) is 2. The number of ether oxygens (including phenoxy) is 11. The van der Waals surface area contributed by atoms with E-state index in [0.717, 1.165) is 97.7 Å². The minimum Gasteiger partial charge on any atom is -0.463 e. The third-order valence-corrected chi connectivity index (χ3v) is 14.2. The van der Waals surface area contributed by atoms with Crippen molar-refractivity contribution in [3.05, 3.63) is 30.3 Å². The minimum atomic E-state index is -1.85. The second-order valence-electron chi connectivity index (χ2n) is 19.8. The quantitative estimate of drug-likeness (QED) is 0.0864. The van der Waals surface area contributed by atoms with Gasteiger partial charge in [-0.2, -0.15) is 0 Å². The molecule has 2 aromatic rings. The third-order valence-electron chi connectivity index (χ3n) is 13.5. The number of amides is 3. The van der Waals surface area contributed by atoms with Crippen molar-refractivity contribution in [1.29, 1.82) is 0 Å². The van der Waals surface area contributed by atoms with E-state index in [0.29, 0.717) is 49.3 Å². The molecule has 440 valence electrons. The summed E-state index contributed by atoms with van der Waals surface area (Å²) in [4.78, 5) is 131. The Hall–Kier alpha value is -6.68. The number of carbonyl (C=O) groups is 10. The smallest absolute Gasteiger partial charge is 0.303 e. The van der Waals surface area contributed by atoms with E-state index in [4.69, 9.17) is 52.1 Å². The van der Waals surface area contributed by atoms with Gasteiger partial charge in [-0.05, 0) is 44.4 Å². The van der Waals surface area contributed by atoms with Crippen LogP contribution in [0.3, 0.4) is 0 Å². The molecule has 1 aromatic heterocycles. The molecule has 0 spiro atoms. The van der Waals surface area contributed by atoms with Gasteiger partial charge >= 0.3 is 41.8 Å². The fourth-order valence-corrected chi connectivity index (χ4v) is 10.8. The number of likely N-dealkylation sites (tertiary alicyclic amines) is 1. The van der Waals surface area contributed by atoms with Crippen LogP contribution in [0.25, 0.3) is 11.3 Å². The first-order chi connectivity index (χ1) is 38.2. The van der Waals surface area contributed by atoms with Crippen LogP contribution in [0.5, 0.6) is 0 Å². The third kappa shape index (κ3) is 17.9. The highest BCUT2D eigenvalue weighted by molar-refractivity contribution is 7.10. The molecule has 0 radical (unpaired) electrons. The summed E-state index contributed by atoms with van der Waals surface area (Å²) in [5.41, 5.74) is 1.31. The summed E-state index contributed by atoms with van der Waals surface area (Å²) in [5.74, 6) is -7.19. The van der Waals surface area contributed by atoms with E-state index in [2.05, 4.69) is 20.2 Å². The normalized spacial score (nSPS) is 26.1. The van der Waals surface area contributed by atoms with Crippen LogP contribution in [0.4, 0.5) is 5.00 Å². The fraction of sp³-hybridized carbons (Fsp3) is 0.660. The van der Waals surface area contributed by atoms with Crippen molar-refractivity contribution in [1.82, 2.24) is 19.8 Å². The molecule has 12 atom stereocenters. The highest BCUT2D eigenvalue weighted by atomic mass is 32.1. The summed E-state index contributed by atoms with van der Waals surface area (Å²) in [6, 6.07) is 7.73. The van der Waals surface area contributed by atoms with Gasteiger partial charge in [0.05, 0.1) is 0 Å². The summed E-state index contributed by atoms with van der Waals surface area (Å²) < 4.78 is 67.5. The van der Waals surface area contributed by atoms with Crippen LogP contribution >= 0.6 is 11.5 Å². The zero-order valence-electron chi connectivity index (χ0n) is 45.8. The molecular weight excluding hydrogens is 1070 g/mol. The minimum absolute atomic E-state index is 0.0499. The summed E-state index contributed by atoms with van der Waals surface area (Å²) in [6.45, 7) is 6.51. The van der Waals surface area contributed by atoms with E-state index in [1.165, 1.54) is 0 Å². The lowest BCUT2D eigenvalue weighted by molar-refractivity contribution is -0.361. The van der Waals surface area contributed by atoms with Crippen LogP contribution in [0.2, 0.25) is 0 Å². The van der Waals surface area contributed by atoms with Crippen LogP contribution in [0.15, 0.2) is 30.3 Å². The molecule has 26 nitrogen and oxygen atoms in total. The number of benzene rings is 1. The lowest BCUT2D eigenvalue weighted by atomic mass is 9.83. The van der Waals surface area contributed by atoms with Gasteiger partial charge in [0, 0.05) is 85.1 Å². The van der Waals surface area contributed by atoms with E-state index in [1.807, 2.05) is 30.3 Å². The Bertz CT molecular complexity index is 2490. The SMILES string of the molecule is CC(=O)OC[C@H]1O[C@@H](O[C@H]2[C@H](OC(C)=O)[C@@H](OC(C)=O)[C@H](OCCCCCC(=O)N[C@H](C(=O)N3CCC[C@H]3C(=O)Nc3snnc3-c3ccccc3)C3CCCCC3)O[C@@H]2COC(C)=O)[C@H](OC(C)=O)[C@@H](OC(C)=O)[C@H]1OC(C)=O. The zero-order chi connectivity index (χ0) is 58.0. The van der Waals surface area contributed by atoms with Crippen LogP contribution in [-0.2, 0) is 100 Å². The Morgan fingerprint density at radius 1 is 0.625 bits per heavy atom. The highest BCUT2D eigenvalue weighted by Crippen LogP contribution is 2.37. The molecule has 1 saturated carbocycles. The standard InChI is InChI=1S/C53H71N5O21S/c1-28(59)70-26-38-43(72-30(3)61)45(73-31(4)62)48(76-34(7)65)53(78-38)79-44-39(27-71-29(2)60)77-52(47(75-33(6)64)46(44)74-32(5)63)69-25-16-10-15-23-40(66)54-42(36-20-13-9-14-21-36)51(68)58-24-17-22-37(58)49(67)55-50-41(56-57-80-50)35-18-11-8-12-19-35/h8,11-12,18-19,36-39,42-48,52-53H,9-10,13-17,20-27H2,1-7H3,(H,54,66)(H,55,67)/t37-,38+,39+,42-,43-,44+,45-,46-,47+,48+,52+,53-/m0/s1. The molecule has 80 heavy (non-hydrogen) atoms. The van der Waals surface area contributed by atoms with E-state index in [-0.39, 0.29) is 36.7 Å². The number of rotatable bonds is 24. The lowest BCUT2D eigenvalue weighted by Gasteiger charge is -2.48. The van der Waals surface area contributed by atoms with E-state index in [9.17, 15) is 47.9 Å². The van der Waals surface area contributed by atoms with Gasteiger partial charge in [0.25, 0.3) is 0 Å². The first kappa shape index (κ1) is 62.5. The number of esters is 7. The molecule has 3 saturated heterocycles. The first-order valence-electron chi connectivity index (χ1n) is 26.7. The first-order valence-corrected chi connectivity index (χ1v) is 27.5. The number of hydrogen-bond donors (Lipinski definition) is 2. The molecule has 1 aromatic carbocycles. The maximum absolute atomic E-state index is 14.5. The monoisotopic (exact) mass is 1150 g/mol. The lowest BCUT2D eigenvalue weighted by Crippen LogP contribution is -2.67. The van der Waals surface area contributed by atoms with Crippen molar-refractivity contribution in [2.45, 2.75) is 193 Å². The largest absolute Gasteiger partial charge is 0.463 e. The Morgan fingerprint density at radius 2 is 1.18 bits per heavy atom. The molecule has 2 N–H and O–H groups in total. The molecule has 4 heterocycles. The van der Waals surface area contributed by atoms with Gasteiger partial charge in [0.1, 0.15) is 54.3 Å². The molecule has 3 amide bonds. The van der Waals surface area contributed by atoms with Gasteiger partial charge in [-0.15, -0.1) is 5.10 Å². The molecule has 0 unspecified atom stereocenters. The Kier molecular flexibility index (Phi) is 23.6. The Morgan fingerprint density at radius 3 is 1.77 bits per heavy atom. The average Bonchev–Trinajstić information content (AvgIpc) is 4.09. The van der Waals surface area contributed by atoms with Crippen LogP contribution in [0.1, 0.15) is 119 Å². The number of aromatic nitrogens is 2. The van der Waals surface area contributed by atoms with Gasteiger partial charge in [-0.1, -0.05) is 60.5 Å². The Labute approximate surface area is 466 Å². The summed E-state index contributed by atoms with van der Waals surface area (Å²) in [5, 5.41) is 10.7. The Balaban J connectivity index is 1.13. The zero-order valence-corrected chi connectivity index (χ0v) is 46.6. The fourth-order valence-electron chi connectivity index (χ4n) is 10.2. The summed E-state index contributed by atoms with van der Waals surface area (Å²) in [6.07, 6.45) is -9.62.